The lowest BCUT2D eigenvalue weighted by atomic mass is 10.2. The first-order valence-corrected chi connectivity index (χ1v) is 7.42. The van der Waals surface area contributed by atoms with Gasteiger partial charge in [-0.15, -0.1) is 11.8 Å². The summed E-state index contributed by atoms with van der Waals surface area (Å²) in [6.07, 6.45) is 0.960. The number of hydrogen-bond acceptors (Lipinski definition) is 2. The lowest BCUT2D eigenvalue weighted by Gasteiger charge is -2.16. The summed E-state index contributed by atoms with van der Waals surface area (Å²) in [4.78, 5) is 13.0. The second kappa shape index (κ2) is 7.07. The van der Waals surface area contributed by atoms with Crippen molar-refractivity contribution in [2.45, 2.75) is 43.4 Å². The Bertz CT molecular complexity index is 366. The second-order valence-electron chi connectivity index (χ2n) is 4.03. The predicted molar refractivity (Wildman–Crippen MR) is 77.4 cm³/mol. The van der Waals surface area contributed by atoms with E-state index in [0.29, 0.717) is 0 Å². The number of amides is 1. The summed E-state index contributed by atoms with van der Waals surface area (Å²) >= 11 is 4.97. The minimum atomic E-state index is -0.0647. The molecule has 2 nitrogen and oxygen atoms in total. The molecule has 0 aromatic heterocycles. The molecule has 0 aliphatic rings. The van der Waals surface area contributed by atoms with E-state index in [1.807, 2.05) is 38.1 Å². The Morgan fingerprint density at radius 1 is 1.35 bits per heavy atom. The standard InChI is InChI=1S/C13H18BrNOS/c1-4-9(2)15-13(16)10(3)17-12-7-5-11(14)6-8-12/h5-10H,4H2,1-3H3,(H,15,16). The van der Waals surface area contributed by atoms with Gasteiger partial charge in [0.2, 0.25) is 5.91 Å². The van der Waals surface area contributed by atoms with Crippen LogP contribution >= 0.6 is 27.7 Å². The Morgan fingerprint density at radius 2 is 1.94 bits per heavy atom. The van der Waals surface area contributed by atoms with Crippen molar-refractivity contribution in [3.63, 3.8) is 0 Å². The number of carbonyl (C=O) groups is 1. The number of halogens is 1. The quantitative estimate of drug-likeness (QED) is 0.836. The number of rotatable bonds is 5. The van der Waals surface area contributed by atoms with E-state index in [-0.39, 0.29) is 17.2 Å². The fourth-order valence-corrected chi connectivity index (χ4v) is 2.37. The molecule has 0 bridgehead atoms. The van der Waals surface area contributed by atoms with Crippen molar-refractivity contribution in [3.05, 3.63) is 28.7 Å². The zero-order chi connectivity index (χ0) is 12.8. The summed E-state index contributed by atoms with van der Waals surface area (Å²) in [7, 11) is 0. The topological polar surface area (TPSA) is 29.1 Å². The summed E-state index contributed by atoms with van der Waals surface area (Å²) in [5, 5.41) is 2.93. The SMILES string of the molecule is CCC(C)NC(=O)C(C)Sc1ccc(Br)cc1. The number of benzene rings is 1. The Morgan fingerprint density at radius 3 is 2.47 bits per heavy atom. The fraction of sp³-hybridized carbons (Fsp3) is 0.462. The molecule has 0 fully saturated rings. The van der Waals surface area contributed by atoms with Gasteiger partial charge < -0.3 is 5.32 Å². The molecule has 1 amide bonds. The van der Waals surface area contributed by atoms with Crippen LogP contribution in [0.2, 0.25) is 0 Å². The Balaban J connectivity index is 2.51. The molecule has 4 heteroatoms. The molecule has 2 unspecified atom stereocenters. The Labute approximate surface area is 116 Å². The average molecular weight is 316 g/mol. The molecule has 1 aromatic carbocycles. The van der Waals surface area contributed by atoms with Crippen LogP contribution in [0.25, 0.3) is 0 Å². The summed E-state index contributed by atoms with van der Waals surface area (Å²) in [5.74, 6) is 0.104. The van der Waals surface area contributed by atoms with Crippen molar-refractivity contribution in [2.75, 3.05) is 0 Å². The highest BCUT2D eigenvalue weighted by Crippen LogP contribution is 2.24. The molecule has 0 saturated carbocycles. The minimum absolute atomic E-state index is 0.0647. The van der Waals surface area contributed by atoms with E-state index in [4.69, 9.17) is 0 Å². The maximum Gasteiger partial charge on any atom is 0.233 e. The van der Waals surface area contributed by atoms with Gasteiger partial charge in [-0.25, -0.2) is 0 Å². The van der Waals surface area contributed by atoms with Gasteiger partial charge in [-0.1, -0.05) is 22.9 Å². The van der Waals surface area contributed by atoms with Crippen LogP contribution in [0, 0.1) is 0 Å². The fourth-order valence-electron chi connectivity index (χ4n) is 1.23. The number of nitrogens with one attached hydrogen (secondary N) is 1. The van der Waals surface area contributed by atoms with Gasteiger partial charge in [0.15, 0.2) is 0 Å². The molecule has 2 atom stereocenters. The van der Waals surface area contributed by atoms with E-state index < -0.39 is 0 Å². The summed E-state index contributed by atoms with van der Waals surface area (Å²) in [6, 6.07) is 8.25. The van der Waals surface area contributed by atoms with Crippen LogP contribution < -0.4 is 5.32 Å². The molecular formula is C13H18BrNOS. The summed E-state index contributed by atoms with van der Waals surface area (Å²) < 4.78 is 1.05. The van der Waals surface area contributed by atoms with Gasteiger partial charge in [-0.3, -0.25) is 4.79 Å². The van der Waals surface area contributed by atoms with Crippen LogP contribution in [0.5, 0.6) is 0 Å². The highest BCUT2D eigenvalue weighted by atomic mass is 79.9. The van der Waals surface area contributed by atoms with E-state index in [0.717, 1.165) is 15.8 Å². The zero-order valence-electron chi connectivity index (χ0n) is 10.4. The smallest absolute Gasteiger partial charge is 0.233 e. The third kappa shape index (κ3) is 5.13. The van der Waals surface area contributed by atoms with Crippen LogP contribution in [-0.2, 0) is 4.79 Å². The van der Waals surface area contributed by atoms with Crippen LogP contribution in [-0.4, -0.2) is 17.2 Å². The van der Waals surface area contributed by atoms with Crippen molar-refractivity contribution >= 4 is 33.6 Å². The Kier molecular flexibility index (Phi) is 6.06. The molecular weight excluding hydrogens is 298 g/mol. The van der Waals surface area contributed by atoms with E-state index in [1.54, 1.807) is 11.8 Å². The first-order chi connectivity index (χ1) is 8.02. The van der Waals surface area contributed by atoms with Gasteiger partial charge in [-0.2, -0.15) is 0 Å². The second-order valence-corrected chi connectivity index (χ2v) is 6.36. The van der Waals surface area contributed by atoms with Gasteiger partial charge in [-0.05, 0) is 44.5 Å². The number of hydrogen-bond donors (Lipinski definition) is 1. The average Bonchev–Trinajstić information content (AvgIpc) is 2.31. The molecule has 0 saturated heterocycles. The Hall–Kier alpha value is -0.480. The third-order valence-corrected chi connectivity index (χ3v) is 4.14. The van der Waals surface area contributed by atoms with Gasteiger partial charge in [0.1, 0.15) is 0 Å². The third-order valence-electron chi connectivity index (χ3n) is 2.50. The molecule has 0 heterocycles. The lowest BCUT2D eigenvalue weighted by Crippen LogP contribution is -2.37. The van der Waals surface area contributed by atoms with Crippen LogP contribution in [0.15, 0.2) is 33.6 Å². The van der Waals surface area contributed by atoms with Crippen molar-refractivity contribution in [1.82, 2.24) is 5.32 Å². The highest BCUT2D eigenvalue weighted by Gasteiger charge is 2.15. The van der Waals surface area contributed by atoms with E-state index in [9.17, 15) is 4.79 Å². The first-order valence-electron chi connectivity index (χ1n) is 5.75. The van der Waals surface area contributed by atoms with Gasteiger partial charge >= 0.3 is 0 Å². The molecule has 0 aliphatic heterocycles. The van der Waals surface area contributed by atoms with Gasteiger partial charge in [0, 0.05) is 15.4 Å². The molecule has 0 aliphatic carbocycles. The van der Waals surface area contributed by atoms with Crippen molar-refractivity contribution in [2.24, 2.45) is 0 Å². The zero-order valence-corrected chi connectivity index (χ0v) is 12.8. The van der Waals surface area contributed by atoms with Crippen molar-refractivity contribution in [3.8, 4) is 0 Å². The molecule has 0 spiro atoms. The highest BCUT2D eigenvalue weighted by molar-refractivity contribution is 9.10. The predicted octanol–water partition coefficient (Wildman–Crippen LogP) is 3.84. The molecule has 1 aromatic rings. The monoisotopic (exact) mass is 315 g/mol. The summed E-state index contributed by atoms with van der Waals surface area (Å²) in [6.45, 7) is 6.02. The van der Waals surface area contributed by atoms with Gasteiger partial charge in [0.25, 0.3) is 0 Å². The largest absolute Gasteiger partial charge is 0.353 e. The number of carbonyl (C=O) groups excluding carboxylic acids is 1. The van der Waals surface area contributed by atoms with Crippen molar-refractivity contribution in [1.29, 1.82) is 0 Å². The summed E-state index contributed by atoms with van der Waals surface area (Å²) in [5.41, 5.74) is 0. The molecule has 1 N–H and O–H groups in total. The molecule has 94 valence electrons. The van der Waals surface area contributed by atoms with E-state index in [1.165, 1.54) is 0 Å². The number of thioether (sulfide) groups is 1. The first kappa shape index (κ1) is 14.6. The maximum atomic E-state index is 11.8. The molecule has 1 rings (SSSR count). The van der Waals surface area contributed by atoms with Gasteiger partial charge in [0.05, 0.1) is 5.25 Å². The normalized spacial score (nSPS) is 14.1. The molecule has 0 radical (unpaired) electrons. The van der Waals surface area contributed by atoms with Crippen LogP contribution in [0.1, 0.15) is 27.2 Å². The van der Waals surface area contributed by atoms with E-state index in [2.05, 4.69) is 28.2 Å². The van der Waals surface area contributed by atoms with Crippen LogP contribution in [0.3, 0.4) is 0 Å². The van der Waals surface area contributed by atoms with Crippen molar-refractivity contribution < 1.29 is 4.79 Å². The van der Waals surface area contributed by atoms with Crippen LogP contribution in [0.4, 0.5) is 0 Å². The van der Waals surface area contributed by atoms with E-state index >= 15 is 0 Å². The maximum absolute atomic E-state index is 11.8. The molecule has 17 heavy (non-hydrogen) atoms. The minimum Gasteiger partial charge on any atom is -0.353 e. The lowest BCUT2D eigenvalue weighted by molar-refractivity contribution is -0.120.